The molecule has 0 aliphatic carbocycles. The summed E-state index contributed by atoms with van der Waals surface area (Å²) in [6.45, 7) is 3.85. The fourth-order valence-electron chi connectivity index (χ4n) is 1.85. The van der Waals surface area contributed by atoms with Crippen LogP contribution in [0.4, 0.5) is 5.69 Å². The van der Waals surface area contributed by atoms with E-state index in [0.29, 0.717) is 10.6 Å². The van der Waals surface area contributed by atoms with E-state index in [1.807, 2.05) is 38.1 Å². The fourth-order valence-corrected chi connectivity index (χ4v) is 2.70. The van der Waals surface area contributed by atoms with Gasteiger partial charge in [-0.05, 0) is 37.6 Å². The van der Waals surface area contributed by atoms with E-state index in [-0.39, 0.29) is 11.9 Å². The van der Waals surface area contributed by atoms with E-state index in [1.165, 1.54) is 11.3 Å². The maximum atomic E-state index is 12.1. The lowest BCUT2D eigenvalue weighted by atomic mass is 10.1. The zero-order valence-corrected chi connectivity index (χ0v) is 12.6. The highest BCUT2D eigenvalue weighted by Crippen LogP contribution is 2.24. The van der Waals surface area contributed by atoms with Crippen LogP contribution in [0.1, 0.15) is 33.1 Å². The van der Waals surface area contributed by atoms with Gasteiger partial charge < -0.3 is 15.8 Å². The molecule has 1 aromatic carbocycles. The van der Waals surface area contributed by atoms with Gasteiger partial charge in [0.2, 0.25) is 0 Å². The van der Waals surface area contributed by atoms with Gasteiger partial charge in [0.25, 0.3) is 5.91 Å². The average molecular weight is 290 g/mol. The number of ether oxygens (including phenoxy) is 1. The molecule has 1 heterocycles. The van der Waals surface area contributed by atoms with Crippen molar-refractivity contribution in [3.8, 4) is 5.75 Å². The van der Waals surface area contributed by atoms with Crippen LogP contribution < -0.4 is 15.8 Å². The Balaban J connectivity index is 2.06. The van der Waals surface area contributed by atoms with Crippen molar-refractivity contribution in [2.45, 2.75) is 19.9 Å². The number of nitrogens with two attached hydrogens (primary N) is 1. The highest BCUT2D eigenvalue weighted by atomic mass is 32.1. The number of amides is 1. The Morgan fingerprint density at radius 1 is 1.35 bits per heavy atom. The maximum absolute atomic E-state index is 12.1. The SMILES string of the molecule is COc1ccc(C(C)NC(=O)c2cc(N)c(C)s2)cc1. The molecule has 0 saturated heterocycles. The number of carbonyl (C=O) groups is 1. The van der Waals surface area contributed by atoms with Gasteiger partial charge >= 0.3 is 0 Å². The molecule has 2 aromatic rings. The zero-order chi connectivity index (χ0) is 14.7. The molecule has 1 aromatic heterocycles. The number of carbonyl (C=O) groups excluding carboxylic acids is 1. The smallest absolute Gasteiger partial charge is 0.261 e. The predicted molar refractivity (Wildman–Crippen MR) is 82.3 cm³/mol. The summed E-state index contributed by atoms with van der Waals surface area (Å²) in [4.78, 5) is 13.7. The lowest BCUT2D eigenvalue weighted by molar-refractivity contribution is 0.0944. The number of nitrogen functional groups attached to an aromatic ring is 1. The molecule has 1 unspecified atom stereocenters. The monoisotopic (exact) mass is 290 g/mol. The Morgan fingerprint density at radius 2 is 2.00 bits per heavy atom. The number of anilines is 1. The summed E-state index contributed by atoms with van der Waals surface area (Å²) >= 11 is 1.41. The summed E-state index contributed by atoms with van der Waals surface area (Å²) in [5, 5.41) is 2.97. The van der Waals surface area contributed by atoms with E-state index in [1.54, 1.807) is 13.2 Å². The number of hydrogen-bond donors (Lipinski definition) is 2. The summed E-state index contributed by atoms with van der Waals surface area (Å²) in [5.74, 6) is 0.701. The third-order valence-electron chi connectivity index (χ3n) is 3.14. The molecule has 1 atom stereocenters. The summed E-state index contributed by atoms with van der Waals surface area (Å²) in [5.41, 5.74) is 7.46. The lowest BCUT2D eigenvalue weighted by Gasteiger charge is -2.14. The molecular weight excluding hydrogens is 272 g/mol. The van der Waals surface area contributed by atoms with Gasteiger partial charge in [0.1, 0.15) is 5.75 Å². The molecule has 3 N–H and O–H groups in total. The van der Waals surface area contributed by atoms with Crippen LogP contribution in [0.5, 0.6) is 5.75 Å². The number of nitrogens with one attached hydrogen (secondary N) is 1. The highest BCUT2D eigenvalue weighted by molar-refractivity contribution is 7.14. The molecule has 106 valence electrons. The summed E-state index contributed by atoms with van der Waals surface area (Å²) in [7, 11) is 1.63. The molecule has 0 saturated carbocycles. The first-order valence-corrected chi connectivity index (χ1v) is 7.13. The van der Waals surface area contributed by atoms with E-state index in [9.17, 15) is 4.79 Å². The van der Waals surface area contributed by atoms with Crippen LogP contribution in [0.3, 0.4) is 0 Å². The molecule has 2 rings (SSSR count). The van der Waals surface area contributed by atoms with Crippen molar-refractivity contribution < 1.29 is 9.53 Å². The van der Waals surface area contributed by atoms with Crippen LogP contribution in [-0.4, -0.2) is 13.0 Å². The molecule has 20 heavy (non-hydrogen) atoms. The maximum Gasteiger partial charge on any atom is 0.261 e. The number of aryl methyl sites for hydroxylation is 1. The van der Waals surface area contributed by atoms with E-state index < -0.39 is 0 Å². The van der Waals surface area contributed by atoms with Crippen molar-refractivity contribution in [2.75, 3.05) is 12.8 Å². The van der Waals surface area contributed by atoms with Gasteiger partial charge in [0.15, 0.2) is 0 Å². The first kappa shape index (κ1) is 14.4. The van der Waals surface area contributed by atoms with Crippen LogP contribution in [0.25, 0.3) is 0 Å². The van der Waals surface area contributed by atoms with E-state index in [4.69, 9.17) is 10.5 Å². The first-order valence-electron chi connectivity index (χ1n) is 6.32. The van der Waals surface area contributed by atoms with Crippen LogP contribution in [0.15, 0.2) is 30.3 Å². The Hall–Kier alpha value is -2.01. The van der Waals surface area contributed by atoms with Gasteiger partial charge in [-0.2, -0.15) is 0 Å². The van der Waals surface area contributed by atoms with Crippen LogP contribution in [0, 0.1) is 6.92 Å². The van der Waals surface area contributed by atoms with Crippen molar-refractivity contribution in [3.05, 3.63) is 45.6 Å². The lowest BCUT2D eigenvalue weighted by Crippen LogP contribution is -2.25. The van der Waals surface area contributed by atoms with Crippen LogP contribution >= 0.6 is 11.3 Å². The summed E-state index contributed by atoms with van der Waals surface area (Å²) < 4.78 is 5.12. The quantitative estimate of drug-likeness (QED) is 0.909. The average Bonchev–Trinajstić information content (AvgIpc) is 2.79. The van der Waals surface area contributed by atoms with Gasteiger partial charge in [-0.1, -0.05) is 12.1 Å². The summed E-state index contributed by atoms with van der Waals surface area (Å²) in [6, 6.07) is 9.29. The van der Waals surface area contributed by atoms with Gasteiger partial charge in [0, 0.05) is 10.6 Å². The minimum Gasteiger partial charge on any atom is -0.497 e. The predicted octanol–water partition coefficient (Wildman–Crippen LogP) is 3.14. The Bertz CT molecular complexity index is 585. The Morgan fingerprint density at radius 3 is 2.50 bits per heavy atom. The third kappa shape index (κ3) is 3.11. The molecule has 0 spiro atoms. The number of benzene rings is 1. The minimum absolute atomic E-state index is 0.0722. The third-order valence-corrected chi connectivity index (χ3v) is 4.21. The second-order valence-electron chi connectivity index (χ2n) is 4.59. The molecular formula is C15H18N2O2S. The fraction of sp³-hybridized carbons (Fsp3) is 0.267. The van der Waals surface area contributed by atoms with Crippen molar-refractivity contribution in [1.29, 1.82) is 0 Å². The summed E-state index contributed by atoms with van der Waals surface area (Å²) in [6.07, 6.45) is 0. The highest BCUT2D eigenvalue weighted by Gasteiger charge is 2.14. The van der Waals surface area contributed by atoms with Crippen molar-refractivity contribution in [1.82, 2.24) is 5.32 Å². The number of thiophene rings is 1. The largest absolute Gasteiger partial charge is 0.497 e. The standard InChI is InChI=1S/C15H18N2O2S/c1-9(11-4-6-12(19-3)7-5-11)17-15(18)14-8-13(16)10(2)20-14/h4-9H,16H2,1-3H3,(H,17,18). The first-order chi connectivity index (χ1) is 9.51. The number of hydrogen-bond acceptors (Lipinski definition) is 4. The van der Waals surface area contributed by atoms with Crippen molar-refractivity contribution in [3.63, 3.8) is 0 Å². The molecule has 1 amide bonds. The van der Waals surface area contributed by atoms with Gasteiger partial charge in [-0.15, -0.1) is 11.3 Å². The molecule has 0 radical (unpaired) electrons. The normalized spacial score (nSPS) is 11.9. The van der Waals surface area contributed by atoms with Crippen LogP contribution in [-0.2, 0) is 0 Å². The van der Waals surface area contributed by atoms with Gasteiger partial charge in [-0.25, -0.2) is 0 Å². The Labute approximate surface area is 122 Å². The second kappa shape index (κ2) is 5.96. The second-order valence-corrected chi connectivity index (χ2v) is 5.85. The van der Waals surface area contributed by atoms with Crippen LogP contribution in [0.2, 0.25) is 0 Å². The van der Waals surface area contributed by atoms with E-state index in [2.05, 4.69) is 5.32 Å². The zero-order valence-electron chi connectivity index (χ0n) is 11.8. The van der Waals surface area contributed by atoms with Crippen molar-refractivity contribution >= 4 is 22.9 Å². The van der Waals surface area contributed by atoms with Crippen molar-refractivity contribution in [2.24, 2.45) is 0 Å². The molecule has 0 aliphatic rings. The molecule has 0 bridgehead atoms. The number of methoxy groups -OCH3 is 1. The molecule has 4 nitrogen and oxygen atoms in total. The van der Waals surface area contributed by atoms with E-state index in [0.717, 1.165) is 16.2 Å². The van der Waals surface area contributed by atoms with E-state index >= 15 is 0 Å². The molecule has 5 heteroatoms. The topological polar surface area (TPSA) is 64.3 Å². The van der Waals surface area contributed by atoms with Gasteiger partial charge in [-0.3, -0.25) is 4.79 Å². The number of rotatable bonds is 4. The molecule has 0 fully saturated rings. The Kier molecular flexibility index (Phi) is 4.29. The van der Waals surface area contributed by atoms with Gasteiger partial charge in [0.05, 0.1) is 18.0 Å². The minimum atomic E-state index is -0.0990. The molecule has 0 aliphatic heterocycles.